The zero-order valence-electron chi connectivity index (χ0n) is 5.21. The summed E-state index contributed by atoms with van der Waals surface area (Å²) in [5.74, 6) is -0.111. The highest BCUT2D eigenvalue weighted by Crippen LogP contribution is 2.08. The van der Waals surface area contributed by atoms with Crippen LogP contribution < -0.4 is 5.63 Å². The number of hydrogen-bond acceptors (Lipinski definition) is 3. The Morgan fingerprint density at radius 1 is 1.67 bits per heavy atom. The lowest BCUT2D eigenvalue weighted by Gasteiger charge is -1.87. The summed E-state index contributed by atoms with van der Waals surface area (Å²) in [7, 11) is 1.46. The van der Waals surface area contributed by atoms with E-state index in [1.165, 1.54) is 14.0 Å². The van der Waals surface area contributed by atoms with Crippen molar-refractivity contribution in [3.8, 4) is 5.88 Å². The van der Waals surface area contributed by atoms with E-state index in [1.807, 2.05) is 0 Å². The van der Waals surface area contributed by atoms with Gasteiger partial charge in [0, 0.05) is 7.05 Å². The molecule has 4 heteroatoms. The summed E-state index contributed by atoms with van der Waals surface area (Å²) in [5, 5.41) is 8.90. The smallest absolute Gasteiger partial charge is 0.364 e. The molecular weight excluding hydrogens is 122 g/mol. The Labute approximate surface area is 51.3 Å². The Morgan fingerprint density at radius 3 is 2.33 bits per heavy atom. The van der Waals surface area contributed by atoms with E-state index in [9.17, 15) is 4.79 Å². The maximum Gasteiger partial charge on any atom is 0.364 e. The lowest BCUT2D eigenvalue weighted by molar-refractivity contribution is 0.248. The molecule has 0 saturated carbocycles. The number of hydrogen-bond donors (Lipinski definition) is 1. The molecule has 0 saturated heterocycles. The molecule has 50 valence electrons. The van der Waals surface area contributed by atoms with Gasteiger partial charge in [-0.1, -0.05) is 0 Å². The van der Waals surface area contributed by atoms with Crippen molar-refractivity contribution in [3.05, 3.63) is 16.0 Å². The molecule has 0 spiro atoms. The molecule has 0 aliphatic carbocycles. The molecule has 0 radical (unpaired) electrons. The van der Waals surface area contributed by atoms with Crippen LogP contribution in [0.5, 0.6) is 5.88 Å². The summed E-state index contributed by atoms with van der Waals surface area (Å²) in [4.78, 5) is 10.5. The molecule has 0 aliphatic heterocycles. The molecule has 1 aromatic rings. The molecule has 9 heavy (non-hydrogen) atoms. The Hall–Kier alpha value is -1.19. The van der Waals surface area contributed by atoms with Gasteiger partial charge in [0.2, 0.25) is 5.88 Å². The third kappa shape index (κ3) is 0.718. The monoisotopic (exact) mass is 129 g/mol. The van der Waals surface area contributed by atoms with Crippen molar-refractivity contribution in [3.63, 3.8) is 0 Å². The predicted molar refractivity (Wildman–Crippen MR) is 30.4 cm³/mol. The molecule has 0 bridgehead atoms. The second-order valence-corrected chi connectivity index (χ2v) is 1.82. The van der Waals surface area contributed by atoms with E-state index < -0.39 is 5.63 Å². The van der Waals surface area contributed by atoms with Gasteiger partial charge in [0.15, 0.2) is 0 Å². The highest BCUT2D eigenvalue weighted by Gasteiger charge is 2.06. The average Bonchev–Trinajstić information content (AvgIpc) is 1.98. The van der Waals surface area contributed by atoms with Crippen LogP contribution in [0.4, 0.5) is 0 Å². The zero-order chi connectivity index (χ0) is 7.02. The van der Waals surface area contributed by atoms with Crippen molar-refractivity contribution in [2.24, 2.45) is 7.05 Å². The molecule has 0 aliphatic rings. The van der Waals surface area contributed by atoms with Crippen LogP contribution in [-0.4, -0.2) is 9.85 Å². The Balaban J connectivity index is 3.47. The third-order valence-corrected chi connectivity index (χ3v) is 1.16. The van der Waals surface area contributed by atoms with Crippen molar-refractivity contribution in [1.29, 1.82) is 0 Å². The van der Waals surface area contributed by atoms with Crippen LogP contribution in [-0.2, 0) is 7.05 Å². The molecule has 1 rings (SSSR count). The van der Waals surface area contributed by atoms with E-state index in [-0.39, 0.29) is 11.4 Å². The van der Waals surface area contributed by atoms with Gasteiger partial charge in [0.1, 0.15) is 0 Å². The lowest BCUT2D eigenvalue weighted by Crippen LogP contribution is -1.94. The minimum absolute atomic E-state index is 0.111. The van der Waals surface area contributed by atoms with E-state index >= 15 is 0 Å². The summed E-state index contributed by atoms with van der Waals surface area (Å²) in [6.45, 7) is 1.50. The van der Waals surface area contributed by atoms with Crippen LogP contribution in [0.15, 0.2) is 9.32 Å². The van der Waals surface area contributed by atoms with E-state index in [0.717, 1.165) is 4.74 Å². The number of rotatable bonds is 0. The fraction of sp³-hybridized carbons (Fsp3) is 0.400. The lowest BCUT2D eigenvalue weighted by atomic mass is 10.4. The number of aryl methyl sites for hydroxylation is 1. The first-order valence-corrected chi connectivity index (χ1v) is 2.49. The summed E-state index contributed by atoms with van der Waals surface area (Å²) < 4.78 is 5.48. The zero-order valence-corrected chi connectivity index (χ0v) is 5.21. The Morgan fingerprint density at radius 2 is 2.22 bits per heavy atom. The summed E-state index contributed by atoms with van der Waals surface area (Å²) in [6, 6.07) is 0. The van der Waals surface area contributed by atoms with E-state index in [2.05, 4.69) is 4.52 Å². The van der Waals surface area contributed by atoms with Crippen molar-refractivity contribution in [1.82, 2.24) is 4.74 Å². The second kappa shape index (κ2) is 1.65. The van der Waals surface area contributed by atoms with Crippen LogP contribution in [0.1, 0.15) is 5.56 Å². The largest absolute Gasteiger partial charge is 0.492 e. The quantitative estimate of drug-likeness (QED) is 0.536. The molecular formula is C5H7NO3. The molecule has 1 heterocycles. The van der Waals surface area contributed by atoms with E-state index in [1.54, 1.807) is 0 Å². The minimum Gasteiger partial charge on any atom is -0.492 e. The molecule has 0 atom stereocenters. The first-order chi connectivity index (χ1) is 4.13. The summed E-state index contributed by atoms with van der Waals surface area (Å²) in [5.41, 5.74) is -0.243. The van der Waals surface area contributed by atoms with E-state index in [0.29, 0.717) is 0 Å². The summed E-state index contributed by atoms with van der Waals surface area (Å²) in [6.07, 6.45) is 0. The maximum absolute atomic E-state index is 10.5. The second-order valence-electron chi connectivity index (χ2n) is 1.82. The van der Waals surface area contributed by atoms with Crippen molar-refractivity contribution in [2.75, 3.05) is 0 Å². The van der Waals surface area contributed by atoms with Crippen LogP contribution in [0, 0.1) is 6.92 Å². The molecule has 1 N–H and O–H groups in total. The fourth-order valence-corrected chi connectivity index (χ4v) is 0.564. The van der Waals surface area contributed by atoms with Gasteiger partial charge in [-0.2, -0.15) is 4.74 Å². The maximum atomic E-state index is 10.5. The third-order valence-electron chi connectivity index (χ3n) is 1.16. The van der Waals surface area contributed by atoms with Gasteiger partial charge in [-0.25, -0.2) is 4.79 Å². The molecule has 0 aromatic carbocycles. The molecule has 1 aromatic heterocycles. The molecule has 0 amide bonds. The minimum atomic E-state index is -0.491. The van der Waals surface area contributed by atoms with Crippen LogP contribution in [0.2, 0.25) is 0 Å². The highest BCUT2D eigenvalue weighted by molar-refractivity contribution is 5.17. The van der Waals surface area contributed by atoms with Crippen molar-refractivity contribution >= 4 is 0 Å². The van der Waals surface area contributed by atoms with Crippen molar-refractivity contribution < 1.29 is 9.63 Å². The SMILES string of the molecule is Cc1c(O)n(C)oc1=O. The van der Waals surface area contributed by atoms with Crippen molar-refractivity contribution in [2.45, 2.75) is 6.92 Å². The molecule has 0 fully saturated rings. The normalized spacial score (nSPS) is 10.0. The van der Waals surface area contributed by atoms with Crippen LogP contribution in [0.25, 0.3) is 0 Å². The highest BCUT2D eigenvalue weighted by atomic mass is 16.5. The van der Waals surface area contributed by atoms with Gasteiger partial charge in [0.05, 0.1) is 5.56 Å². The summed E-state index contributed by atoms with van der Waals surface area (Å²) >= 11 is 0. The molecule has 4 nitrogen and oxygen atoms in total. The fourth-order valence-electron chi connectivity index (χ4n) is 0.564. The van der Waals surface area contributed by atoms with Gasteiger partial charge in [-0.3, -0.25) is 0 Å². The van der Waals surface area contributed by atoms with Gasteiger partial charge < -0.3 is 9.63 Å². The van der Waals surface area contributed by atoms with Gasteiger partial charge >= 0.3 is 5.63 Å². The number of aromatic hydroxyl groups is 1. The Kier molecular flexibility index (Phi) is 1.09. The Bertz CT molecular complexity index is 270. The predicted octanol–water partition coefficient (Wildman–Crippen LogP) is -0.00768. The molecule has 0 unspecified atom stereocenters. The van der Waals surface area contributed by atoms with Crippen LogP contribution in [0.3, 0.4) is 0 Å². The van der Waals surface area contributed by atoms with Crippen LogP contribution >= 0.6 is 0 Å². The number of nitrogens with zero attached hydrogens (tertiary/aromatic N) is 1. The topological polar surface area (TPSA) is 55.4 Å². The average molecular weight is 129 g/mol. The van der Waals surface area contributed by atoms with E-state index in [4.69, 9.17) is 5.11 Å². The van der Waals surface area contributed by atoms with Gasteiger partial charge in [-0.15, -0.1) is 0 Å². The van der Waals surface area contributed by atoms with Gasteiger partial charge in [-0.05, 0) is 6.92 Å². The van der Waals surface area contributed by atoms with Gasteiger partial charge in [0.25, 0.3) is 0 Å². The number of aromatic nitrogens is 1. The first kappa shape index (κ1) is 5.94. The first-order valence-electron chi connectivity index (χ1n) is 2.49. The standard InChI is InChI=1S/C5H7NO3/c1-3-4(7)6(2)9-5(3)8/h7H,1-2H3.